The van der Waals surface area contributed by atoms with E-state index in [-0.39, 0.29) is 54.6 Å². The van der Waals surface area contributed by atoms with Crippen LogP contribution in [-0.2, 0) is 30.2 Å². The fourth-order valence-corrected chi connectivity index (χ4v) is 4.39. The smallest absolute Gasteiger partial charge is 0.348 e. The van der Waals surface area contributed by atoms with Gasteiger partial charge in [0.1, 0.15) is 16.7 Å². The molecule has 0 amide bonds. The Morgan fingerprint density at radius 1 is 0.972 bits per heavy atom. The summed E-state index contributed by atoms with van der Waals surface area (Å²) in [6.07, 6.45) is 1.05. The van der Waals surface area contributed by atoms with E-state index in [1.54, 1.807) is 52.0 Å². The van der Waals surface area contributed by atoms with Gasteiger partial charge < -0.3 is 18.9 Å². The number of para-hydroxylation sites is 1. The third-order valence-corrected chi connectivity index (χ3v) is 6.04. The molecule has 0 N–H and O–H groups in total. The first-order valence-electron chi connectivity index (χ1n) is 11.3. The van der Waals surface area contributed by atoms with Gasteiger partial charge in [-0.2, -0.15) is 5.26 Å². The molecule has 36 heavy (non-hydrogen) atoms. The molecular weight excluding hydrogens is 486 g/mol. The normalized spacial score (nSPS) is 10.8. The standard InChI is InChI=1S/C26H27NO8S/c1-5-32-22(29)15-35-20-11-9-8-10-17(20)12-18(14-27)19(28)13-21-23(25(30)33-6-2)16(4)24(36-21)26(31)34-7-3/h8-12H,5-7,13,15H2,1-4H3/b18-12+. The number of carbonyl (C=O) groups excluding carboxylic acids is 4. The minimum atomic E-state index is -0.662. The van der Waals surface area contributed by atoms with Gasteiger partial charge >= 0.3 is 17.9 Å². The number of nitrogens with zero attached hydrogens (tertiary/aromatic N) is 1. The van der Waals surface area contributed by atoms with Crippen LogP contribution in [0.2, 0.25) is 0 Å². The fourth-order valence-electron chi connectivity index (χ4n) is 3.20. The van der Waals surface area contributed by atoms with Gasteiger partial charge in [-0.15, -0.1) is 11.3 Å². The summed E-state index contributed by atoms with van der Waals surface area (Å²) in [7, 11) is 0. The van der Waals surface area contributed by atoms with Gasteiger partial charge in [-0.05, 0) is 45.4 Å². The lowest BCUT2D eigenvalue weighted by Crippen LogP contribution is -2.15. The Morgan fingerprint density at radius 3 is 2.25 bits per heavy atom. The second-order valence-electron chi connectivity index (χ2n) is 7.20. The largest absolute Gasteiger partial charge is 0.481 e. The third-order valence-electron chi connectivity index (χ3n) is 4.77. The summed E-state index contributed by atoms with van der Waals surface area (Å²) >= 11 is 0.961. The molecule has 0 spiro atoms. The Hall–Kier alpha value is -3.97. The Morgan fingerprint density at radius 2 is 1.61 bits per heavy atom. The predicted octanol–water partition coefficient (Wildman–Crippen LogP) is 4.07. The molecule has 2 rings (SSSR count). The zero-order valence-electron chi connectivity index (χ0n) is 20.5. The lowest BCUT2D eigenvalue weighted by molar-refractivity contribution is -0.145. The highest BCUT2D eigenvalue weighted by Crippen LogP contribution is 2.31. The molecule has 0 aliphatic carbocycles. The summed E-state index contributed by atoms with van der Waals surface area (Å²) in [6, 6.07) is 8.48. The molecule has 0 saturated carbocycles. The molecule has 0 aliphatic rings. The summed E-state index contributed by atoms with van der Waals surface area (Å²) in [5.41, 5.74) is 0.696. The van der Waals surface area contributed by atoms with Crippen molar-refractivity contribution in [2.45, 2.75) is 34.1 Å². The first kappa shape index (κ1) is 28.3. The van der Waals surface area contributed by atoms with Crippen LogP contribution in [0.3, 0.4) is 0 Å². The van der Waals surface area contributed by atoms with Crippen molar-refractivity contribution in [2.24, 2.45) is 0 Å². The number of hydrogen-bond donors (Lipinski definition) is 0. The molecule has 0 unspecified atom stereocenters. The average Bonchev–Trinajstić information content (AvgIpc) is 3.17. The van der Waals surface area contributed by atoms with Crippen molar-refractivity contribution in [2.75, 3.05) is 26.4 Å². The second-order valence-corrected chi connectivity index (χ2v) is 8.30. The van der Waals surface area contributed by atoms with Crippen LogP contribution in [0.4, 0.5) is 0 Å². The van der Waals surface area contributed by atoms with E-state index < -0.39 is 23.7 Å². The van der Waals surface area contributed by atoms with Gasteiger partial charge in [0, 0.05) is 16.9 Å². The molecule has 1 aromatic heterocycles. The van der Waals surface area contributed by atoms with E-state index in [4.69, 9.17) is 18.9 Å². The third kappa shape index (κ3) is 7.26. The van der Waals surface area contributed by atoms with Gasteiger partial charge in [0.05, 0.1) is 31.0 Å². The van der Waals surface area contributed by atoms with Gasteiger partial charge in [0.2, 0.25) is 0 Å². The first-order chi connectivity index (χ1) is 17.3. The molecule has 0 radical (unpaired) electrons. The van der Waals surface area contributed by atoms with E-state index in [1.807, 2.05) is 6.07 Å². The van der Waals surface area contributed by atoms with Gasteiger partial charge in [-0.1, -0.05) is 18.2 Å². The number of Topliss-reactive ketones (excluding diaryl/α,β-unsaturated/α-hetero) is 1. The molecule has 10 heteroatoms. The quantitative estimate of drug-likeness (QED) is 0.178. The monoisotopic (exact) mass is 513 g/mol. The minimum Gasteiger partial charge on any atom is -0.481 e. The number of ketones is 1. The lowest BCUT2D eigenvalue weighted by atomic mass is 10.0. The van der Waals surface area contributed by atoms with Crippen LogP contribution in [0, 0.1) is 18.3 Å². The highest BCUT2D eigenvalue weighted by molar-refractivity contribution is 7.14. The number of nitriles is 1. The summed E-state index contributed by atoms with van der Waals surface area (Å²) in [5, 5.41) is 9.68. The maximum Gasteiger partial charge on any atom is 0.348 e. The molecular formula is C26H27NO8S. The second kappa shape index (κ2) is 13.8. The average molecular weight is 514 g/mol. The molecule has 0 fully saturated rings. The Bertz CT molecular complexity index is 1210. The van der Waals surface area contributed by atoms with E-state index in [0.717, 1.165) is 11.3 Å². The molecule has 9 nitrogen and oxygen atoms in total. The van der Waals surface area contributed by atoms with Crippen molar-refractivity contribution < 1.29 is 38.1 Å². The molecule has 0 saturated heterocycles. The van der Waals surface area contributed by atoms with Crippen molar-refractivity contribution in [1.29, 1.82) is 5.26 Å². The van der Waals surface area contributed by atoms with Crippen LogP contribution in [-0.4, -0.2) is 50.1 Å². The van der Waals surface area contributed by atoms with Gasteiger partial charge in [-0.25, -0.2) is 14.4 Å². The van der Waals surface area contributed by atoms with E-state index in [9.17, 15) is 24.4 Å². The number of allylic oxidation sites excluding steroid dienone is 1. The number of hydrogen-bond acceptors (Lipinski definition) is 10. The highest BCUT2D eigenvalue weighted by atomic mass is 32.1. The maximum atomic E-state index is 13.1. The number of ether oxygens (including phenoxy) is 4. The zero-order chi connectivity index (χ0) is 26.7. The van der Waals surface area contributed by atoms with Gasteiger partial charge in [0.25, 0.3) is 0 Å². The molecule has 190 valence electrons. The molecule has 2 aromatic rings. The fraction of sp³-hybridized carbons (Fsp3) is 0.346. The van der Waals surface area contributed by atoms with Crippen molar-refractivity contribution in [1.82, 2.24) is 0 Å². The summed E-state index contributed by atoms with van der Waals surface area (Å²) in [6.45, 7) is 6.72. The van der Waals surface area contributed by atoms with Crippen LogP contribution in [0.1, 0.15) is 56.8 Å². The van der Waals surface area contributed by atoms with Crippen LogP contribution in [0.25, 0.3) is 6.08 Å². The Balaban J connectivity index is 2.38. The molecule has 0 atom stereocenters. The molecule has 0 aliphatic heterocycles. The number of thiophene rings is 1. The number of esters is 3. The summed E-state index contributed by atoms with van der Waals surface area (Å²) < 4.78 is 20.5. The zero-order valence-corrected chi connectivity index (χ0v) is 21.4. The number of benzene rings is 1. The van der Waals surface area contributed by atoms with Gasteiger partial charge in [0.15, 0.2) is 12.4 Å². The maximum absolute atomic E-state index is 13.1. The first-order valence-corrected chi connectivity index (χ1v) is 12.1. The molecule has 1 heterocycles. The van der Waals surface area contributed by atoms with Crippen molar-refractivity contribution in [3.8, 4) is 11.8 Å². The Kier molecular flexibility index (Phi) is 10.8. The molecule has 0 bridgehead atoms. The van der Waals surface area contributed by atoms with E-state index in [1.165, 1.54) is 6.08 Å². The number of rotatable bonds is 12. The van der Waals surface area contributed by atoms with Crippen LogP contribution in [0.5, 0.6) is 5.75 Å². The summed E-state index contributed by atoms with van der Waals surface area (Å²) in [4.78, 5) is 50.2. The highest BCUT2D eigenvalue weighted by Gasteiger charge is 2.28. The van der Waals surface area contributed by atoms with Crippen molar-refractivity contribution in [3.63, 3.8) is 0 Å². The molecule has 1 aromatic carbocycles. The topological polar surface area (TPSA) is 129 Å². The van der Waals surface area contributed by atoms with E-state index >= 15 is 0 Å². The minimum absolute atomic E-state index is 0.113. The van der Waals surface area contributed by atoms with E-state index in [0.29, 0.717) is 16.0 Å². The Labute approximate surface area is 213 Å². The predicted molar refractivity (Wildman–Crippen MR) is 132 cm³/mol. The summed E-state index contributed by atoms with van der Waals surface area (Å²) in [5.74, 6) is -2.10. The lowest BCUT2D eigenvalue weighted by Gasteiger charge is -2.09. The van der Waals surface area contributed by atoms with Crippen LogP contribution < -0.4 is 4.74 Å². The number of carbonyl (C=O) groups is 4. The van der Waals surface area contributed by atoms with E-state index in [2.05, 4.69) is 0 Å². The van der Waals surface area contributed by atoms with Crippen molar-refractivity contribution in [3.05, 3.63) is 56.3 Å². The van der Waals surface area contributed by atoms with Crippen LogP contribution >= 0.6 is 11.3 Å². The van der Waals surface area contributed by atoms with Crippen LogP contribution in [0.15, 0.2) is 29.8 Å². The van der Waals surface area contributed by atoms with Crippen molar-refractivity contribution >= 4 is 41.1 Å². The SMILES string of the molecule is CCOC(=O)COc1ccccc1/C=C(\C#N)C(=O)Cc1sc(C(=O)OCC)c(C)c1C(=O)OCC. The van der Waals surface area contributed by atoms with Gasteiger partial charge in [-0.3, -0.25) is 4.79 Å².